The minimum Gasteiger partial charge on any atom is -0.481 e. The van der Waals surface area contributed by atoms with Crippen molar-refractivity contribution in [2.24, 2.45) is 5.92 Å². The molecule has 0 spiro atoms. The monoisotopic (exact) mass is 263 g/mol. The zero-order chi connectivity index (χ0) is 13.7. The number of carboxylic acid groups (broad SMARTS) is 1. The lowest BCUT2D eigenvalue weighted by atomic mass is 10.0. The molecule has 102 valence electrons. The van der Waals surface area contributed by atoms with E-state index in [4.69, 9.17) is 5.11 Å². The summed E-state index contributed by atoms with van der Waals surface area (Å²) in [5.41, 5.74) is 1.43. The quantitative estimate of drug-likeness (QED) is 0.701. The Kier molecular flexibility index (Phi) is 4.27. The first-order valence-electron chi connectivity index (χ1n) is 6.26. The average molecular weight is 263 g/mol. The van der Waals surface area contributed by atoms with E-state index in [9.17, 15) is 4.79 Å². The molecule has 1 unspecified atom stereocenters. The van der Waals surface area contributed by atoms with Gasteiger partial charge in [0.25, 0.3) is 0 Å². The minimum atomic E-state index is -0.741. The number of nitrogens with zero attached hydrogens (tertiary/aromatic N) is 3. The molecule has 0 radical (unpaired) electrons. The summed E-state index contributed by atoms with van der Waals surface area (Å²) in [6, 6.07) is 0. The van der Waals surface area contributed by atoms with Gasteiger partial charge >= 0.3 is 5.97 Å². The Morgan fingerprint density at radius 3 is 3.05 bits per heavy atom. The maximum atomic E-state index is 10.5. The third-order valence-corrected chi connectivity index (χ3v) is 3.00. The fourth-order valence-electron chi connectivity index (χ4n) is 1.85. The molecule has 0 amide bonds. The number of H-pyrrole nitrogens is 1. The molecular weight excluding hydrogens is 246 g/mol. The Balaban J connectivity index is 1.82. The maximum absolute atomic E-state index is 10.5. The summed E-state index contributed by atoms with van der Waals surface area (Å²) < 4.78 is 0. The molecule has 0 aliphatic heterocycles. The second-order valence-electron chi connectivity index (χ2n) is 4.58. The highest BCUT2D eigenvalue weighted by molar-refractivity contribution is 5.81. The fraction of sp³-hybridized carbons (Fsp3) is 0.500. The number of imidazole rings is 1. The van der Waals surface area contributed by atoms with Crippen LogP contribution >= 0.6 is 0 Å². The SMILES string of the molecule is CC(CCNc1ncnc2nc[nH]c12)CCC(=O)O. The molecule has 2 heterocycles. The van der Waals surface area contributed by atoms with E-state index >= 15 is 0 Å². The van der Waals surface area contributed by atoms with Crippen LogP contribution in [0.25, 0.3) is 11.2 Å². The molecule has 19 heavy (non-hydrogen) atoms. The summed E-state index contributed by atoms with van der Waals surface area (Å²) in [5, 5.41) is 11.8. The van der Waals surface area contributed by atoms with Gasteiger partial charge in [0.05, 0.1) is 6.33 Å². The highest BCUT2D eigenvalue weighted by Gasteiger charge is 2.07. The summed E-state index contributed by atoms with van der Waals surface area (Å²) >= 11 is 0. The van der Waals surface area contributed by atoms with Gasteiger partial charge < -0.3 is 15.4 Å². The van der Waals surface area contributed by atoms with Gasteiger partial charge in [0.2, 0.25) is 0 Å². The van der Waals surface area contributed by atoms with Crippen LogP contribution in [0.2, 0.25) is 0 Å². The molecular formula is C12H17N5O2. The Hall–Kier alpha value is -2.18. The molecule has 0 aromatic carbocycles. The lowest BCUT2D eigenvalue weighted by Crippen LogP contribution is -2.09. The smallest absolute Gasteiger partial charge is 0.303 e. The van der Waals surface area contributed by atoms with Gasteiger partial charge in [0.1, 0.15) is 11.8 Å². The largest absolute Gasteiger partial charge is 0.481 e. The van der Waals surface area contributed by atoms with Gasteiger partial charge in [-0.2, -0.15) is 0 Å². The van der Waals surface area contributed by atoms with Crippen molar-refractivity contribution >= 4 is 23.0 Å². The van der Waals surface area contributed by atoms with Crippen molar-refractivity contribution in [1.29, 1.82) is 0 Å². The standard InChI is InChI=1S/C12H17N5O2/c1-8(2-3-9(18)19)4-5-13-11-10-12(15-6-14-10)17-7-16-11/h6-8H,2-5H2,1H3,(H,18,19)(H2,13,14,15,16,17). The number of anilines is 1. The molecule has 1 atom stereocenters. The summed E-state index contributed by atoms with van der Waals surface area (Å²) in [4.78, 5) is 25.7. The van der Waals surface area contributed by atoms with Crippen LogP contribution in [0.15, 0.2) is 12.7 Å². The second-order valence-corrected chi connectivity index (χ2v) is 4.58. The Morgan fingerprint density at radius 1 is 1.42 bits per heavy atom. The molecule has 7 nitrogen and oxygen atoms in total. The molecule has 0 fully saturated rings. The number of hydrogen-bond donors (Lipinski definition) is 3. The molecule has 2 rings (SSSR count). The minimum absolute atomic E-state index is 0.222. The van der Waals surface area contributed by atoms with Crippen LogP contribution < -0.4 is 5.32 Å². The molecule has 2 aromatic heterocycles. The van der Waals surface area contributed by atoms with Crippen LogP contribution in [0.3, 0.4) is 0 Å². The zero-order valence-electron chi connectivity index (χ0n) is 10.8. The van der Waals surface area contributed by atoms with Crippen LogP contribution in [0.1, 0.15) is 26.2 Å². The Bertz CT molecular complexity index is 554. The number of carbonyl (C=O) groups is 1. The van der Waals surface area contributed by atoms with Crippen molar-refractivity contribution < 1.29 is 9.90 Å². The first-order valence-corrected chi connectivity index (χ1v) is 6.26. The van der Waals surface area contributed by atoms with Gasteiger partial charge in [-0.3, -0.25) is 4.79 Å². The summed E-state index contributed by atoms with van der Waals surface area (Å²) in [6.45, 7) is 2.79. The van der Waals surface area contributed by atoms with Gasteiger partial charge in [0, 0.05) is 13.0 Å². The number of aliphatic carboxylic acids is 1. The van der Waals surface area contributed by atoms with E-state index in [2.05, 4.69) is 32.2 Å². The van der Waals surface area contributed by atoms with E-state index in [1.165, 1.54) is 6.33 Å². The average Bonchev–Trinajstić information content (AvgIpc) is 2.85. The van der Waals surface area contributed by atoms with Crippen LogP contribution in [0, 0.1) is 5.92 Å². The lowest BCUT2D eigenvalue weighted by molar-refractivity contribution is -0.137. The van der Waals surface area contributed by atoms with Crippen LogP contribution in [0.5, 0.6) is 0 Å². The molecule has 3 N–H and O–H groups in total. The molecule has 0 aliphatic carbocycles. The number of fused-ring (bicyclic) bond motifs is 1. The first-order chi connectivity index (χ1) is 9.16. The van der Waals surface area contributed by atoms with E-state index in [0.717, 1.165) is 24.3 Å². The van der Waals surface area contributed by atoms with Crippen molar-refractivity contribution in [1.82, 2.24) is 19.9 Å². The van der Waals surface area contributed by atoms with E-state index in [1.54, 1.807) is 6.33 Å². The van der Waals surface area contributed by atoms with Crippen molar-refractivity contribution in [2.75, 3.05) is 11.9 Å². The van der Waals surface area contributed by atoms with E-state index in [0.29, 0.717) is 18.0 Å². The van der Waals surface area contributed by atoms with Crippen LogP contribution in [0.4, 0.5) is 5.82 Å². The zero-order valence-corrected chi connectivity index (χ0v) is 10.8. The number of carboxylic acids is 1. The normalized spacial score (nSPS) is 12.5. The van der Waals surface area contributed by atoms with Gasteiger partial charge in [-0.15, -0.1) is 0 Å². The summed E-state index contributed by atoms with van der Waals surface area (Å²) in [7, 11) is 0. The van der Waals surface area contributed by atoms with E-state index in [1.807, 2.05) is 0 Å². The Morgan fingerprint density at radius 2 is 2.26 bits per heavy atom. The lowest BCUT2D eigenvalue weighted by Gasteiger charge is -2.11. The van der Waals surface area contributed by atoms with Crippen molar-refractivity contribution in [2.45, 2.75) is 26.2 Å². The number of aromatic amines is 1. The molecule has 7 heteroatoms. The van der Waals surface area contributed by atoms with Crippen molar-refractivity contribution in [3.05, 3.63) is 12.7 Å². The molecule has 0 saturated heterocycles. The van der Waals surface area contributed by atoms with Gasteiger partial charge in [0.15, 0.2) is 11.5 Å². The molecule has 0 aliphatic rings. The van der Waals surface area contributed by atoms with E-state index < -0.39 is 5.97 Å². The number of nitrogens with one attached hydrogen (secondary N) is 2. The topological polar surface area (TPSA) is 104 Å². The molecule has 0 saturated carbocycles. The first kappa shape index (κ1) is 13.3. The van der Waals surface area contributed by atoms with Crippen molar-refractivity contribution in [3.8, 4) is 0 Å². The maximum Gasteiger partial charge on any atom is 0.303 e. The van der Waals surface area contributed by atoms with Crippen molar-refractivity contribution in [3.63, 3.8) is 0 Å². The molecule has 2 aromatic rings. The highest BCUT2D eigenvalue weighted by Crippen LogP contribution is 2.15. The predicted molar refractivity (Wildman–Crippen MR) is 70.8 cm³/mol. The van der Waals surface area contributed by atoms with Gasteiger partial charge in [-0.1, -0.05) is 6.92 Å². The third kappa shape index (κ3) is 3.64. The Labute approximate surface area is 110 Å². The van der Waals surface area contributed by atoms with E-state index in [-0.39, 0.29) is 6.42 Å². The van der Waals surface area contributed by atoms with Crippen LogP contribution in [-0.4, -0.2) is 37.6 Å². The number of rotatable bonds is 7. The molecule has 0 bridgehead atoms. The highest BCUT2D eigenvalue weighted by atomic mass is 16.4. The predicted octanol–water partition coefficient (Wildman–Crippen LogP) is 1.66. The van der Waals surface area contributed by atoms with Gasteiger partial charge in [-0.05, 0) is 18.8 Å². The van der Waals surface area contributed by atoms with Gasteiger partial charge in [-0.25, -0.2) is 15.0 Å². The third-order valence-electron chi connectivity index (χ3n) is 3.00. The summed E-state index contributed by atoms with van der Waals surface area (Å²) in [6.07, 6.45) is 4.87. The van der Waals surface area contributed by atoms with Crippen LogP contribution in [-0.2, 0) is 4.79 Å². The number of hydrogen-bond acceptors (Lipinski definition) is 5. The second kappa shape index (κ2) is 6.12. The summed E-state index contributed by atoms with van der Waals surface area (Å²) in [5.74, 6) is 0.352. The fourth-order valence-corrected chi connectivity index (χ4v) is 1.85. The number of aromatic nitrogens is 4.